The largest absolute Gasteiger partial charge is 0.374 e. The lowest BCUT2D eigenvalue weighted by Gasteiger charge is -2.08. The van der Waals surface area contributed by atoms with Crippen molar-refractivity contribution < 1.29 is 4.92 Å². The highest BCUT2D eigenvalue weighted by Crippen LogP contribution is 2.40. The highest BCUT2D eigenvalue weighted by molar-refractivity contribution is 8.01. The Hall–Kier alpha value is -2.10. The van der Waals surface area contributed by atoms with Crippen LogP contribution in [0.15, 0.2) is 45.9 Å². The second-order valence-electron chi connectivity index (χ2n) is 4.13. The number of halogens is 1. The van der Waals surface area contributed by atoms with Gasteiger partial charge in [0.15, 0.2) is 4.34 Å². The molecule has 2 heterocycles. The minimum Gasteiger partial charge on any atom is -0.374 e. The number of benzene rings is 1. The van der Waals surface area contributed by atoms with Gasteiger partial charge in [-0.1, -0.05) is 22.9 Å². The molecule has 0 atom stereocenters. The Morgan fingerprint density at radius 1 is 1.32 bits per heavy atom. The van der Waals surface area contributed by atoms with Gasteiger partial charge in [0.05, 0.1) is 20.5 Å². The highest BCUT2D eigenvalue weighted by Gasteiger charge is 2.20. The predicted molar refractivity (Wildman–Crippen MR) is 85.9 cm³/mol. The van der Waals surface area contributed by atoms with Crippen LogP contribution in [0.25, 0.3) is 5.69 Å². The van der Waals surface area contributed by atoms with Crippen LogP contribution >= 0.6 is 34.7 Å². The number of rotatable bonds is 4. The van der Waals surface area contributed by atoms with Gasteiger partial charge in [-0.2, -0.15) is 0 Å². The van der Waals surface area contributed by atoms with E-state index in [-0.39, 0.29) is 5.69 Å². The number of aromatic nitrogens is 3. The molecule has 0 spiro atoms. The van der Waals surface area contributed by atoms with E-state index in [0.29, 0.717) is 25.1 Å². The first-order chi connectivity index (χ1) is 10.5. The van der Waals surface area contributed by atoms with Gasteiger partial charge in [0.1, 0.15) is 0 Å². The number of nitrogens with zero attached hydrogens (tertiary/aromatic N) is 4. The van der Waals surface area contributed by atoms with E-state index >= 15 is 0 Å². The molecule has 0 aliphatic carbocycles. The molecule has 1 aromatic carbocycles. The minimum absolute atomic E-state index is 0.0836. The number of nitro groups is 1. The first kappa shape index (κ1) is 14.8. The van der Waals surface area contributed by atoms with Crippen molar-refractivity contribution in [3.63, 3.8) is 0 Å². The molecular weight excluding hydrogens is 346 g/mol. The van der Waals surface area contributed by atoms with E-state index in [0.717, 1.165) is 11.8 Å². The van der Waals surface area contributed by atoms with E-state index in [1.165, 1.54) is 17.4 Å². The molecular formula is C12H8ClN5O2S2. The van der Waals surface area contributed by atoms with Crippen molar-refractivity contribution in [1.82, 2.24) is 14.8 Å². The number of anilines is 1. The van der Waals surface area contributed by atoms with Gasteiger partial charge in [-0.3, -0.25) is 10.1 Å². The predicted octanol–water partition coefficient (Wildman–Crippen LogP) is 3.62. The zero-order valence-electron chi connectivity index (χ0n) is 10.8. The quantitative estimate of drug-likeness (QED) is 0.568. The van der Waals surface area contributed by atoms with Crippen LogP contribution in [0.3, 0.4) is 0 Å². The van der Waals surface area contributed by atoms with Crippen molar-refractivity contribution in [2.24, 2.45) is 0 Å². The molecule has 0 radical (unpaired) electrons. The van der Waals surface area contributed by atoms with Gasteiger partial charge < -0.3 is 10.3 Å². The third-order valence-corrected chi connectivity index (χ3v) is 4.88. The molecule has 10 heteroatoms. The van der Waals surface area contributed by atoms with Crippen molar-refractivity contribution in [3.05, 3.63) is 51.8 Å². The van der Waals surface area contributed by atoms with Gasteiger partial charge in [-0.05, 0) is 30.0 Å². The molecule has 3 aromatic rings. The summed E-state index contributed by atoms with van der Waals surface area (Å²) in [6.45, 7) is 0. The lowest BCUT2D eigenvalue weighted by Crippen LogP contribution is -1.96. The summed E-state index contributed by atoms with van der Waals surface area (Å²) in [5.74, 6) is 0. The summed E-state index contributed by atoms with van der Waals surface area (Å²) in [4.78, 5) is 11.2. The van der Waals surface area contributed by atoms with Crippen LogP contribution < -0.4 is 5.73 Å². The molecule has 0 aliphatic rings. The summed E-state index contributed by atoms with van der Waals surface area (Å²) in [6.07, 6.45) is 3.62. The summed E-state index contributed by atoms with van der Waals surface area (Å²) < 4.78 is 2.31. The lowest BCUT2D eigenvalue weighted by molar-refractivity contribution is -0.387. The Kier molecular flexibility index (Phi) is 4.01. The molecule has 2 aromatic heterocycles. The van der Waals surface area contributed by atoms with E-state index in [9.17, 15) is 10.1 Å². The van der Waals surface area contributed by atoms with Crippen LogP contribution in [0, 0.1) is 10.1 Å². The van der Waals surface area contributed by atoms with E-state index in [1.54, 1.807) is 10.6 Å². The molecule has 0 saturated heterocycles. The zero-order valence-corrected chi connectivity index (χ0v) is 13.2. The topological polar surface area (TPSA) is 99.9 Å². The van der Waals surface area contributed by atoms with E-state index in [2.05, 4.69) is 10.2 Å². The van der Waals surface area contributed by atoms with Crippen LogP contribution in [0.5, 0.6) is 0 Å². The molecule has 0 fully saturated rings. The minimum atomic E-state index is -0.474. The van der Waals surface area contributed by atoms with Crippen LogP contribution in [0.2, 0.25) is 5.02 Å². The normalized spacial score (nSPS) is 10.8. The van der Waals surface area contributed by atoms with Gasteiger partial charge in [0.2, 0.25) is 5.13 Å². The van der Waals surface area contributed by atoms with E-state index in [1.807, 2.05) is 24.5 Å². The standard InChI is InChI=1S/C12H8ClN5O2S2/c13-7-5-9(18(19)20)10(21-12-16-15-11(14)22-12)6-8(7)17-3-1-2-4-17/h1-6H,(H2,14,15). The summed E-state index contributed by atoms with van der Waals surface area (Å²) >= 11 is 8.47. The van der Waals surface area contributed by atoms with Gasteiger partial charge in [-0.15, -0.1) is 10.2 Å². The smallest absolute Gasteiger partial charge is 0.284 e. The summed E-state index contributed by atoms with van der Waals surface area (Å²) in [6, 6.07) is 6.68. The van der Waals surface area contributed by atoms with Crippen molar-refractivity contribution in [3.8, 4) is 5.69 Å². The molecule has 2 N–H and O–H groups in total. The van der Waals surface area contributed by atoms with Crippen molar-refractivity contribution >= 4 is 45.5 Å². The Morgan fingerprint density at radius 3 is 2.64 bits per heavy atom. The monoisotopic (exact) mass is 353 g/mol. The zero-order chi connectivity index (χ0) is 15.7. The SMILES string of the molecule is Nc1nnc(Sc2cc(-n3cccc3)c(Cl)cc2[N+](=O)[O-])s1. The van der Waals surface area contributed by atoms with E-state index in [4.69, 9.17) is 17.3 Å². The van der Waals surface area contributed by atoms with E-state index < -0.39 is 4.92 Å². The average molecular weight is 354 g/mol. The molecule has 0 amide bonds. The third kappa shape index (κ3) is 2.91. The highest BCUT2D eigenvalue weighted by atomic mass is 35.5. The summed E-state index contributed by atoms with van der Waals surface area (Å²) in [7, 11) is 0. The summed E-state index contributed by atoms with van der Waals surface area (Å²) in [5.41, 5.74) is 6.10. The van der Waals surface area contributed by atoms with Gasteiger partial charge in [-0.25, -0.2) is 0 Å². The lowest BCUT2D eigenvalue weighted by atomic mass is 10.3. The molecule has 22 heavy (non-hydrogen) atoms. The van der Waals surface area contributed by atoms with Crippen LogP contribution in [0.1, 0.15) is 0 Å². The first-order valence-corrected chi connectivity index (χ1v) is 7.94. The Bertz CT molecular complexity index is 834. The number of hydrogen-bond donors (Lipinski definition) is 1. The van der Waals surface area contributed by atoms with Gasteiger partial charge >= 0.3 is 0 Å². The molecule has 3 rings (SSSR count). The molecule has 0 saturated carbocycles. The molecule has 0 bridgehead atoms. The molecule has 112 valence electrons. The molecule has 7 nitrogen and oxygen atoms in total. The van der Waals surface area contributed by atoms with Crippen LogP contribution in [-0.4, -0.2) is 19.7 Å². The van der Waals surface area contributed by atoms with Crippen LogP contribution in [0.4, 0.5) is 10.8 Å². The number of nitrogen functional groups attached to an aromatic ring is 1. The fourth-order valence-electron chi connectivity index (χ4n) is 1.81. The molecule has 0 aliphatic heterocycles. The second-order valence-corrected chi connectivity index (χ2v) is 6.83. The van der Waals surface area contributed by atoms with Crippen LogP contribution in [-0.2, 0) is 0 Å². The maximum absolute atomic E-state index is 11.2. The first-order valence-electron chi connectivity index (χ1n) is 5.92. The number of hydrogen-bond acceptors (Lipinski definition) is 7. The maximum atomic E-state index is 11.2. The number of nitro benzene ring substituents is 1. The third-order valence-electron chi connectivity index (χ3n) is 2.73. The Balaban J connectivity index is 2.09. The van der Waals surface area contributed by atoms with Crippen molar-refractivity contribution in [1.29, 1.82) is 0 Å². The number of nitrogens with two attached hydrogens (primary N) is 1. The Labute approximate surface area is 137 Å². The second kappa shape index (κ2) is 5.95. The molecule has 0 unspecified atom stereocenters. The van der Waals surface area contributed by atoms with Crippen molar-refractivity contribution in [2.75, 3.05) is 5.73 Å². The van der Waals surface area contributed by atoms with Crippen molar-refractivity contribution in [2.45, 2.75) is 9.24 Å². The fraction of sp³-hybridized carbons (Fsp3) is 0. The average Bonchev–Trinajstić information content (AvgIpc) is 3.12. The van der Waals surface area contributed by atoms with Gasteiger partial charge in [0.25, 0.3) is 5.69 Å². The fourth-order valence-corrected chi connectivity index (χ4v) is 3.77. The maximum Gasteiger partial charge on any atom is 0.284 e. The Morgan fingerprint density at radius 2 is 2.05 bits per heavy atom. The summed E-state index contributed by atoms with van der Waals surface area (Å²) in [5, 5.41) is 19.4. The van der Waals surface area contributed by atoms with Gasteiger partial charge in [0, 0.05) is 18.5 Å².